The Morgan fingerprint density at radius 1 is 1.54 bits per heavy atom. The topological polar surface area (TPSA) is 34.9 Å². The number of hydrogen-bond acceptors (Lipinski definition) is 2. The first-order valence-electron chi connectivity index (χ1n) is 3.44. The predicted molar refractivity (Wildman–Crippen MR) is 38.3 cm³/mol. The van der Waals surface area contributed by atoms with Gasteiger partial charge in [-0.15, -0.1) is 0 Å². The summed E-state index contributed by atoms with van der Waals surface area (Å²) in [5.41, 5.74) is -0.0555. The highest BCUT2D eigenvalue weighted by atomic mass is 19.4. The first kappa shape index (κ1) is 9.76. The number of rotatable bonds is 1. The van der Waals surface area contributed by atoms with E-state index >= 15 is 0 Å². The molecule has 0 radical (unpaired) electrons. The van der Waals surface area contributed by atoms with Crippen LogP contribution >= 0.6 is 0 Å². The monoisotopic (exact) mass is 192 g/mol. The van der Waals surface area contributed by atoms with Gasteiger partial charge in [0, 0.05) is 7.05 Å². The molecular formula is C7H7F3N2O. The summed E-state index contributed by atoms with van der Waals surface area (Å²) in [4.78, 5) is 10.7. The maximum Gasteiger partial charge on any atom is 0.456 e. The molecule has 1 aromatic heterocycles. The number of nitrogens with zero attached hydrogens (tertiary/aromatic N) is 2. The Morgan fingerprint density at radius 2 is 2.08 bits per heavy atom. The Hall–Kier alpha value is -1.33. The molecule has 0 aromatic carbocycles. The Balaban J connectivity index is 3.09. The highest BCUT2D eigenvalue weighted by Crippen LogP contribution is 2.21. The van der Waals surface area contributed by atoms with Crippen molar-refractivity contribution in [2.75, 3.05) is 0 Å². The summed E-state index contributed by atoms with van der Waals surface area (Å²) in [5.74, 6) is -1.87. The number of Topliss-reactive ketones (excluding diaryl/α,β-unsaturated/α-hetero) is 1. The molecule has 0 bridgehead atoms. The third kappa shape index (κ3) is 1.88. The van der Waals surface area contributed by atoms with E-state index in [2.05, 4.69) is 5.10 Å². The largest absolute Gasteiger partial charge is 0.456 e. The van der Waals surface area contributed by atoms with Crippen LogP contribution in [0.3, 0.4) is 0 Å². The lowest BCUT2D eigenvalue weighted by molar-refractivity contribution is -0.0890. The second-order valence-electron chi connectivity index (χ2n) is 2.62. The molecule has 1 heterocycles. The molecule has 0 aliphatic carbocycles. The zero-order valence-corrected chi connectivity index (χ0v) is 7.01. The van der Waals surface area contributed by atoms with Crippen LogP contribution in [-0.4, -0.2) is 21.7 Å². The zero-order valence-electron chi connectivity index (χ0n) is 7.01. The third-order valence-corrected chi connectivity index (χ3v) is 1.49. The second kappa shape index (κ2) is 2.86. The molecule has 0 fully saturated rings. The van der Waals surface area contributed by atoms with Gasteiger partial charge in [0.05, 0.1) is 5.69 Å². The highest BCUT2D eigenvalue weighted by molar-refractivity contribution is 5.98. The van der Waals surface area contributed by atoms with Crippen molar-refractivity contribution in [3.05, 3.63) is 17.5 Å². The van der Waals surface area contributed by atoms with Gasteiger partial charge in [0.2, 0.25) is 0 Å². The molecular weight excluding hydrogens is 185 g/mol. The Labute approximate surface area is 72.2 Å². The zero-order chi connectivity index (χ0) is 10.2. The van der Waals surface area contributed by atoms with E-state index in [1.165, 1.54) is 14.0 Å². The number of halogens is 3. The van der Waals surface area contributed by atoms with Crippen molar-refractivity contribution in [3.8, 4) is 0 Å². The van der Waals surface area contributed by atoms with Gasteiger partial charge in [-0.25, -0.2) is 0 Å². The molecule has 13 heavy (non-hydrogen) atoms. The van der Waals surface area contributed by atoms with E-state index in [0.717, 1.165) is 10.7 Å². The van der Waals surface area contributed by atoms with Crippen LogP contribution in [0.15, 0.2) is 6.07 Å². The number of carbonyl (C=O) groups excluding carboxylic acids is 1. The van der Waals surface area contributed by atoms with Crippen LogP contribution < -0.4 is 0 Å². The molecule has 1 aromatic rings. The maximum absolute atomic E-state index is 11.9. The highest BCUT2D eigenvalue weighted by Gasteiger charge is 2.41. The van der Waals surface area contributed by atoms with Crippen molar-refractivity contribution < 1.29 is 18.0 Å². The lowest BCUT2D eigenvalue weighted by Crippen LogP contribution is -2.25. The number of hydrogen-bond donors (Lipinski definition) is 0. The smallest absolute Gasteiger partial charge is 0.282 e. The summed E-state index contributed by atoms with van der Waals surface area (Å²) in [5, 5.41) is 3.64. The Kier molecular flexibility index (Phi) is 2.15. The average molecular weight is 192 g/mol. The molecule has 0 aliphatic rings. The van der Waals surface area contributed by atoms with Crippen LogP contribution in [0.2, 0.25) is 0 Å². The Morgan fingerprint density at radius 3 is 2.38 bits per heavy atom. The summed E-state index contributed by atoms with van der Waals surface area (Å²) in [6.45, 7) is 1.52. The summed E-state index contributed by atoms with van der Waals surface area (Å²) in [7, 11) is 1.30. The van der Waals surface area contributed by atoms with Crippen LogP contribution in [0.1, 0.15) is 16.2 Å². The summed E-state index contributed by atoms with van der Waals surface area (Å²) >= 11 is 0. The minimum absolute atomic E-state index is 0.384. The number of ketones is 1. The van der Waals surface area contributed by atoms with Crippen molar-refractivity contribution in [2.24, 2.45) is 7.05 Å². The van der Waals surface area contributed by atoms with Crippen molar-refractivity contribution in [1.29, 1.82) is 0 Å². The van der Waals surface area contributed by atoms with E-state index in [1.807, 2.05) is 0 Å². The van der Waals surface area contributed by atoms with Gasteiger partial charge in [0.15, 0.2) is 0 Å². The van der Waals surface area contributed by atoms with E-state index < -0.39 is 17.7 Å². The van der Waals surface area contributed by atoms with Crippen LogP contribution in [-0.2, 0) is 7.05 Å². The van der Waals surface area contributed by atoms with E-state index in [1.54, 1.807) is 0 Å². The van der Waals surface area contributed by atoms with Gasteiger partial charge >= 0.3 is 6.18 Å². The molecule has 6 heteroatoms. The standard InChI is InChI=1S/C7H7F3N2O/c1-4-3-5(12(2)11-4)6(13)7(8,9)10/h3H,1-2H3. The van der Waals surface area contributed by atoms with Crippen molar-refractivity contribution in [3.63, 3.8) is 0 Å². The van der Waals surface area contributed by atoms with Gasteiger partial charge in [0.25, 0.3) is 5.78 Å². The number of alkyl halides is 3. The van der Waals surface area contributed by atoms with Crippen molar-refractivity contribution in [1.82, 2.24) is 9.78 Å². The fourth-order valence-electron chi connectivity index (χ4n) is 0.968. The SMILES string of the molecule is Cc1cc(C(=O)C(F)(F)F)n(C)n1. The number of aryl methyl sites for hydroxylation is 2. The lowest BCUT2D eigenvalue weighted by Gasteiger charge is -2.03. The van der Waals surface area contributed by atoms with Gasteiger partial charge < -0.3 is 0 Å². The molecule has 0 saturated heterocycles. The lowest BCUT2D eigenvalue weighted by atomic mass is 10.2. The molecule has 0 unspecified atom stereocenters. The maximum atomic E-state index is 11.9. The van der Waals surface area contributed by atoms with Gasteiger partial charge in [-0.3, -0.25) is 9.48 Å². The van der Waals surface area contributed by atoms with Crippen LogP contribution in [0.5, 0.6) is 0 Å². The van der Waals surface area contributed by atoms with Gasteiger partial charge in [-0.1, -0.05) is 0 Å². The second-order valence-corrected chi connectivity index (χ2v) is 2.62. The molecule has 0 aliphatic heterocycles. The normalized spacial score (nSPS) is 11.8. The first-order valence-corrected chi connectivity index (χ1v) is 3.44. The predicted octanol–water partition coefficient (Wildman–Crippen LogP) is 1.47. The number of aromatic nitrogens is 2. The van der Waals surface area contributed by atoms with Crippen molar-refractivity contribution >= 4 is 5.78 Å². The van der Waals surface area contributed by atoms with Gasteiger partial charge in [-0.05, 0) is 13.0 Å². The van der Waals surface area contributed by atoms with E-state index in [4.69, 9.17) is 0 Å². The fraction of sp³-hybridized carbons (Fsp3) is 0.429. The Bertz CT molecular complexity index is 340. The third-order valence-electron chi connectivity index (χ3n) is 1.49. The molecule has 0 N–H and O–H groups in total. The molecule has 0 amide bonds. The van der Waals surface area contributed by atoms with Gasteiger partial charge in [0.1, 0.15) is 5.69 Å². The van der Waals surface area contributed by atoms with Crippen molar-refractivity contribution in [2.45, 2.75) is 13.1 Å². The summed E-state index contributed by atoms with van der Waals surface area (Å²) in [6, 6.07) is 1.11. The van der Waals surface area contributed by atoms with E-state index in [9.17, 15) is 18.0 Å². The molecule has 1 rings (SSSR count). The van der Waals surface area contributed by atoms with E-state index in [0.29, 0.717) is 5.69 Å². The van der Waals surface area contributed by atoms with Crippen LogP contribution in [0.4, 0.5) is 13.2 Å². The van der Waals surface area contributed by atoms with Crippen LogP contribution in [0, 0.1) is 6.92 Å². The first-order chi connectivity index (χ1) is 5.82. The fourth-order valence-corrected chi connectivity index (χ4v) is 0.968. The van der Waals surface area contributed by atoms with Crippen LogP contribution in [0.25, 0.3) is 0 Å². The molecule has 0 saturated carbocycles. The molecule has 0 spiro atoms. The number of carbonyl (C=O) groups is 1. The average Bonchev–Trinajstić information content (AvgIpc) is 2.26. The molecule has 72 valence electrons. The molecule has 3 nitrogen and oxygen atoms in total. The minimum Gasteiger partial charge on any atom is -0.282 e. The molecule has 0 atom stereocenters. The van der Waals surface area contributed by atoms with Gasteiger partial charge in [-0.2, -0.15) is 18.3 Å². The quantitative estimate of drug-likeness (QED) is 0.631. The summed E-state index contributed by atoms with van der Waals surface area (Å²) in [6.07, 6.45) is -4.83. The van der Waals surface area contributed by atoms with E-state index in [-0.39, 0.29) is 0 Å². The summed E-state index contributed by atoms with van der Waals surface area (Å²) < 4.78 is 36.7. The minimum atomic E-state index is -4.83.